The van der Waals surface area contributed by atoms with Crippen LogP contribution in [0.4, 0.5) is 5.69 Å². The second-order valence-corrected chi connectivity index (χ2v) is 4.32. The van der Waals surface area contributed by atoms with Crippen molar-refractivity contribution < 1.29 is 5.11 Å². The van der Waals surface area contributed by atoms with E-state index >= 15 is 0 Å². The summed E-state index contributed by atoms with van der Waals surface area (Å²) in [7, 11) is 0. The summed E-state index contributed by atoms with van der Waals surface area (Å²) in [5.74, 6) is 0. The molecular weight excluding hydrogens is 202 g/mol. The van der Waals surface area contributed by atoms with E-state index in [2.05, 4.69) is 11.0 Å². The SMILES string of the molecule is N#Cc1ccccc1N1CCC(N)(CO)C1. The molecule has 0 aromatic heterocycles. The van der Waals surface area contributed by atoms with Crippen molar-refractivity contribution in [1.82, 2.24) is 0 Å². The lowest BCUT2D eigenvalue weighted by molar-refractivity contribution is 0.210. The summed E-state index contributed by atoms with van der Waals surface area (Å²) in [6, 6.07) is 9.64. The molecule has 0 saturated carbocycles. The van der Waals surface area contributed by atoms with Gasteiger partial charge in [-0.25, -0.2) is 0 Å². The number of rotatable bonds is 2. The van der Waals surface area contributed by atoms with Crippen molar-refractivity contribution in [3.05, 3.63) is 29.8 Å². The lowest BCUT2D eigenvalue weighted by Crippen LogP contribution is -2.46. The van der Waals surface area contributed by atoms with Crippen LogP contribution in [0.3, 0.4) is 0 Å². The molecule has 1 fully saturated rings. The quantitative estimate of drug-likeness (QED) is 0.754. The van der Waals surface area contributed by atoms with Gasteiger partial charge in [-0.1, -0.05) is 12.1 Å². The van der Waals surface area contributed by atoms with Gasteiger partial charge < -0.3 is 15.7 Å². The van der Waals surface area contributed by atoms with E-state index in [0.717, 1.165) is 18.7 Å². The van der Waals surface area contributed by atoms with Gasteiger partial charge in [0.1, 0.15) is 6.07 Å². The smallest absolute Gasteiger partial charge is 0.101 e. The van der Waals surface area contributed by atoms with E-state index in [4.69, 9.17) is 11.0 Å². The lowest BCUT2D eigenvalue weighted by atomic mass is 10.0. The number of hydrogen-bond acceptors (Lipinski definition) is 4. The van der Waals surface area contributed by atoms with Gasteiger partial charge in [-0.15, -0.1) is 0 Å². The van der Waals surface area contributed by atoms with Crippen molar-refractivity contribution in [2.75, 3.05) is 24.6 Å². The Morgan fingerprint density at radius 2 is 2.25 bits per heavy atom. The Labute approximate surface area is 94.9 Å². The number of anilines is 1. The predicted molar refractivity (Wildman–Crippen MR) is 62.0 cm³/mol. The number of nitrogens with two attached hydrogens (primary N) is 1. The second kappa shape index (κ2) is 4.12. The van der Waals surface area contributed by atoms with E-state index in [9.17, 15) is 5.11 Å². The highest BCUT2D eigenvalue weighted by atomic mass is 16.3. The molecule has 1 aliphatic rings. The summed E-state index contributed by atoms with van der Waals surface area (Å²) in [6.45, 7) is 1.37. The molecule has 1 aromatic rings. The first kappa shape index (κ1) is 10.9. The molecule has 1 atom stereocenters. The zero-order valence-electron chi connectivity index (χ0n) is 9.06. The van der Waals surface area contributed by atoms with Crippen LogP contribution in [-0.4, -0.2) is 30.3 Å². The molecule has 2 rings (SSSR count). The van der Waals surface area contributed by atoms with Crippen LogP contribution in [-0.2, 0) is 0 Å². The number of benzene rings is 1. The highest BCUT2D eigenvalue weighted by Gasteiger charge is 2.34. The van der Waals surface area contributed by atoms with E-state index < -0.39 is 5.54 Å². The third-order valence-corrected chi connectivity index (χ3v) is 3.07. The van der Waals surface area contributed by atoms with Gasteiger partial charge in [-0.3, -0.25) is 0 Å². The van der Waals surface area contributed by atoms with Gasteiger partial charge >= 0.3 is 0 Å². The number of nitrogens with zero attached hydrogens (tertiary/aromatic N) is 2. The molecule has 16 heavy (non-hydrogen) atoms. The van der Waals surface area contributed by atoms with Gasteiger partial charge in [0.2, 0.25) is 0 Å². The Bertz CT molecular complexity index is 427. The van der Waals surface area contributed by atoms with Gasteiger partial charge in [0.25, 0.3) is 0 Å². The lowest BCUT2D eigenvalue weighted by Gasteiger charge is -2.23. The predicted octanol–water partition coefficient (Wildman–Crippen LogP) is 0.458. The molecule has 3 N–H and O–H groups in total. The Morgan fingerprint density at radius 1 is 1.50 bits per heavy atom. The minimum atomic E-state index is -0.525. The second-order valence-electron chi connectivity index (χ2n) is 4.32. The number of hydrogen-bond donors (Lipinski definition) is 2. The Hall–Kier alpha value is -1.57. The minimum absolute atomic E-state index is 0.0157. The first-order valence-corrected chi connectivity index (χ1v) is 5.32. The zero-order chi connectivity index (χ0) is 11.6. The van der Waals surface area contributed by atoms with Gasteiger partial charge in [0.15, 0.2) is 0 Å². The van der Waals surface area contributed by atoms with E-state index in [1.807, 2.05) is 18.2 Å². The molecule has 0 amide bonds. The molecule has 4 nitrogen and oxygen atoms in total. The van der Waals surface area contributed by atoms with Crippen molar-refractivity contribution in [1.29, 1.82) is 5.26 Å². The van der Waals surface area contributed by atoms with Crippen LogP contribution in [0, 0.1) is 11.3 Å². The number of aliphatic hydroxyl groups excluding tert-OH is 1. The molecular formula is C12H15N3O. The fourth-order valence-electron chi connectivity index (χ4n) is 2.07. The Kier molecular flexibility index (Phi) is 2.82. The number of para-hydroxylation sites is 1. The monoisotopic (exact) mass is 217 g/mol. The van der Waals surface area contributed by atoms with E-state index in [1.165, 1.54) is 0 Å². The molecule has 0 radical (unpaired) electrons. The van der Waals surface area contributed by atoms with Crippen LogP contribution in [0.15, 0.2) is 24.3 Å². The highest BCUT2D eigenvalue weighted by molar-refractivity contribution is 5.60. The summed E-state index contributed by atoms with van der Waals surface area (Å²) in [5, 5.41) is 18.2. The molecule has 0 spiro atoms. The van der Waals surface area contributed by atoms with Crippen molar-refractivity contribution in [3.8, 4) is 6.07 Å². The van der Waals surface area contributed by atoms with Crippen LogP contribution in [0.1, 0.15) is 12.0 Å². The van der Waals surface area contributed by atoms with E-state index in [1.54, 1.807) is 6.07 Å². The van der Waals surface area contributed by atoms with Crippen LogP contribution in [0.25, 0.3) is 0 Å². The molecule has 1 aliphatic heterocycles. The average molecular weight is 217 g/mol. The summed E-state index contributed by atoms with van der Waals surface area (Å²) < 4.78 is 0. The molecule has 1 aromatic carbocycles. The van der Waals surface area contributed by atoms with E-state index in [-0.39, 0.29) is 6.61 Å². The fraction of sp³-hybridized carbons (Fsp3) is 0.417. The Balaban J connectivity index is 2.24. The van der Waals surface area contributed by atoms with Gasteiger partial charge in [0, 0.05) is 13.1 Å². The summed E-state index contributed by atoms with van der Waals surface area (Å²) in [6.07, 6.45) is 0.753. The van der Waals surface area contributed by atoms with Crippen LogP contribution in [0.5, 0.6) is 0 Å². The molecule has 4 heteroatoms. The maximum Gasteiger partial charge on any atom is 0.101 e. The van der Waals surface area contributed by atoms with Gasteiger partial charge in [0.05, 0.1) is 23.4 Å². The van der Waals surface area contributed by atoms with Gasteiger partial charge in [-0.05, 0) is 18.6 Å². The van der Waals surface area contributed by atoms with Crippen LogP contribution >= 0.6 is 0 Å². The summed E-state index contributed by atoms with van der Waals surface area (Å²) in [5.41, 5.74) is 7.04. The zero-order valence-corrected chi connectivity index (χ0v) is 9.06. The normalized spacial score (nSPS) is 24.4. The first-order chi connectivity index (χ1) is 7.68. The van der Waals surface area contributed by atoms with Gasteiger partial charge in [-0.2, -0.15) is 5.26 Å². The number of aliphatic hydroxyl groups is 1. The Morgan fingerprint density at radius 3 is 2.88 bits per heavy atom. The summed E-state index contributed by atoms with van der Waals surface area (Å²) in [4.78, 5) is 2.06. The van der Waals surface area contributed by atoms with E-state index in [0.29, 0.717) is 12.1 Å². The first-order valence-electron chi connectivity index (χ1n) is 5.32. The third-order valence-electron chi connectivity index (χ3n) is 3.07. The molecule has 84 valence electrons. The van der Waals surface area contributed by atoms with Crippen molar-refractivity contribution in [2.45, 2.75) is 12.0 Å². The fourth-order valence-corrected chi connectivity index (χ4v) is 2.07. The van der Waals surface area contributed by atoms with Crippen molar-refractivity contribution >= 4 is 5.69 Å². The molecule has 1 heterocycles. The largest absolute Gasteiger partial charge is 0.394 e. The number of nitriles is 1. The maximum absolute atomic E-state index is 9.20. The third kappa shape index (κ3) is 1.87. The summed E-state index contributed by atoms with van der Waals surface area (Å²) >= 11 is 0. The topological polar surface area (TPSA) is 73.3 Å². The maximum atomic E-state index is 9.20. The highest BCUT2D eigenvalue weighted by Crippen LogP contribution is 2.27. The van der Waals surface area contributed by atoms with Crippen LogP contribution < -0.4 is 10.6 Å². The molecule has 1 saturated heterocycles. The average Bonchev–Trinajstić information content (AvgIpc) is 2.73. The van der Waals surface area contributed by atoms with Crippen LogP contribution in [0.2, 0.25) is 0 Å². The van der Waals surface area contributed by atoms with Crippen molar-refractivity contribution in [2.24, 2.45) is 5.73 Å². The molecule has 1 unspecified atom stereocenters. The standard InChI is InChI=1S/C12H15N3O/c13-7-10-3-1-2-4-11(10)15-6-5-12(14,8-15)9-16/h1-4,16H,5-6,8-9,14H2. The van der Waals surface area contributed by atoms with Crippen molar-refractivity contribution in [3.63, 3.8) is 0 Å². The molecule has 0 aliphatic carbocycles. The minimum Gasteiger partial charge on any atom is -0.394 e. The molecule has 0 bridgehead atoms.